The van der Waals surface area contributed by atoms with Gasteiger partial charge in [0.05, 0.1) is 12.0 Å². The van der Waals surface area contributed by atoms with Crippen LogP contribution in [0.2, 0.25) is 0 Å². The van der Waals surface area contributed by atoms with Crippen molar-refractivity contribution in [2.45, 2.75) is 39.7 Å². The maximum atomic E-state index is 12.5. The van der Waals surface area contributed by atoms with Crippen molar-refractivity contribution in [3.8, 4) is 0 Å². The highest BCUT2D eigenvalue weighted by Crippen LogP contribution is 2.36. The number of carboxylic acids is 1. The van der Waals surface area contributed by atoms with E-state index in [1.807, 2.05) is 13.8 Å². The normalized spacial score (nSPS) is 12.2. The number of ether oxygens (including phenoxy) is 1. The standard InChI is InChI=1S/C16H19BrN2O5/c1-4-6-9(3)19(16(22)23-5-2)12-11-7-10(17)8-18-14(11)24-13(12)15(20)21/h7-9H,4-6H2,1-3H3,(H,20,21). The first-order chi connectivity index (χ1) is 11.4. The summed E-state index contributed by atoms with van der Waals surface area (Å²) < 4.78 is 11.2. The smallest absolute Gasteiger partial charge is 0.414 e. The van der Waals surface area contributed by atoms with Gasteiger partial charge < -0.3 is 14.3 Å². The molecule has 2 aromatic rings. The van der Waals surface area contributed by atoms with E-state index in [9.17, 15) is 14.7 Å². The molecule has 0 spiro atoms. The van der Waals surface area contributed by atoms with Crippen molar-refractivity contribution < 1.29 is 23.8 Å². The molecular weight excluding hydrogens is 380 g/mol. The van der Waals surface area contributed by atoms with Crippen LogP contribution >= 0.6 is 15.9 Å². The maximum Gasteiger partial charge on any atom is 0.414 e. The summed E-state index contributed by atoms with van der Waals surface area (Å²) >= 11 is 3.31. The highest BCUT2D eigenvalue weighted by atomic mass is 79.9. The summed E-state index contributed by atoms with van der Waals surface area (Å²) in [5, 5.41) is 9.94. The fourth-order valence-electron chi connectivity index (χ4n) is 2.56. The first kappa shape index (κ1) is 18.3. The van der Waals surface area contributed by atoms with E-state index in [1.54, 1.807) is 13.0 Å². The minimum absolute atomic E-state index is 0.156. The molecule has 0 saturated carbocycles. The predicted molar refractivity (Wildman–Crippen MR) is 92.5 cm³/mol. The van der Waals surface area contributed by atoms with Gasteiger partial charge in [0.15, 0.2) is 0 Å². The Morgan fingerprint density at radius 2 is 2.17 bits per heavy atom. The average Bonchev–Trinajstić information content (AvgIpc) is 2.87. The Balaban J connectivity index is 2.70. The van der Waals surface area contributed by atoms with Crippen molar-refractivity contribution in [2.75, 3.05) is 11.5 Å². The minimum atomic E-state index is -1.27. The lowest BCUT2D eigenvalue weighted by molar-refractivity contribution is 0.0665. The number of pyridine rings is 1. The number of amides is 1. The summed E-state index contributed by atoms with van der Waals surface area (Å²) in [6, 6.07) is 1.42. The van der Waals surface area contributed by atoms with Crippen LogP contribution in [0.25, 0.3) is 11.1 Å². The van der Waals surface area contributed by atoms with Gasteiger partial charge in [0.1, 0.15) is 5.69 Å². The van der Waals surface area contributed by atoms with E-state index in [0.29, 0.717) is 16.3 Å². The van der Waals surface area contributed by atoms with Crippen LogP contribution in [-0.4, -0.2) is 34.8 Å². The number of hydrogen-bond acceptors (Lipinski definition) is 5. The number of furan rings is 1. The Labute approximate surface area is 147 Å². The number of hydrogen-bond donors (Lipinski definition) is 1. The van der Waals surface area contributed by atoms with Crippen LogP contribution in [0.5, 0.6) is 0 Å². The van der Waals surface area contributed by atoms with Gasteiger partial charge in [-0.2, -0.15) is 0 Å². The third-order valence-electron chi connectivity index (χ3n) is 3.53. The third kappa shape index (κ3) is 3.53. The zero-order valence-electron chi connectivity index (χ0n) is 13.7. The van der Waals surface area contributed by atoms with E-state index in [4.69, 9.17) is 9.15 Å². The molecule has 0 aliphatic rings. The van der Waals surface area contributed by atoms with Crippen molar-refractivity contribution in [1.82, 2.24) is 4.98 Å². The summed E-state index contributed by atoms with van der Waals surface area (Å²) in [5.41, 5.74) is 0.328. The van der Waals surface area contributed by atoms with Crippen molar-refractivity contribution >= 4 is 44.8 Å². The molecule has 24 heavy (non-hydrogen) atoms. The highest BCUT2D eigenvalue weighted by Gasteiger charge is 2.33. The van der Waals surface area contributed by atoms with Gasteiger partial charge in [-0.3, -0.25) is 4.90 Å². The van der Waals surface area contributed by atoms with Gasteiger partial charge in [-0.05, 0) is 42.3 Å². The van der Waals surface area contributed by atoms with Crippen LogP contribution < -0.4 is 4.90 Å². The second-order valence-corrected chi connectivity index (χ2v) is 6.21. The van der Waals surface area contributed by atoms with Crippen LogP contribution in [0.4, 0.5) is 10.5 Å². The lowest BCUT2D eigenvalue weighted by Gasteiger charge is -2.27. The molecule has 2 aromatic heterocycles. The van der Waals surface area contributed by atoms with Crippen LogP contribution in [0.3, 0.4) is 0 Å². The third-order valence-corrected chi connectivity index (χ3v) is 3.97. The molecule has 1 amide bonds. The lowest BCUT2D eigenvalue weighted by Crippen LogP contribution is -2.40. The fraction of sp³-hybridized carbons (Fsp3) is 0.438. The first-order valence-electron chi connectivity index (χ1n) is 7.67. The van der Waals surface area contributed by atoms with Gasteiger partial charge in [-0.1, -0.05) is 13.3 Å². The number of nitrogens with zero attached hydrogens (tertiary/aromatic N) is 2. The van der Waals surface area contributed by atoms with Gasteiger partial charge in [-0.15, -0.1) is 0 Å². The van der Waals surface area contributed by atoms with Gasteiger partial charge in [0.2, 0.25) is 11.5 Å². The Morgan fingerprint density at radius 1 is 1.46 bits per heavy atom. The minimum Gasteiger partial charge on any atom is -0.475 e. The van der Waals surface area contributed by atoms with Gasteiger partial charge in [-0.25, -0.2) is 14.6 Å². The molecule has 0 bridgehead atoms. The Kier molecular flexibility index (Phi) is 5.82. The largest absolute Gasteiger partial charge is 0.475 e. The SMILES string of the molecule is CCCC(C)N(C(=O)OCC)c1c(C(=O)O)oc2ncc(Br)cc12. The van der Waals surface area contributed by atoms with Crippen molar-refractivity contribution in [2.24, 2.45) is 0 Å². The second kappa shape index (κ2) is 7.65. The maximum absolute atomic E-state index is 12.5. The van der Waals surface area contributed by atoms with Crippen molar-refractivity contribution in [3.63, 3.8) is 0 Å². The van der Waals surface area contributed by atoms with Crippen LogP contribution in [-0.2, 0) is 4.74 Å². The average molecular weight is 399 g/mol. The summed E-state index contributed by atoms with van der Waals surface area (Å²) in [5.74, 6) is -1.59. The molecule has 0 aliphatic carbocycles. The van der Waals surface area contributed by atoms with E-state index in [0.717, 1.165) is 6.42 Å². The Bertz CT molecular complexity index is 758. The molecule has 0 fully saturated rings. The molecule has 1 N–H and O–H groups in total. The predicted octanol–water partition coefficient (Wildman–Crippen LogP) is 4.44. The lowest BCUT2D eigenvalue weighted by atomic mass is 10.1. The molecule has 0 aliphatic heterocycles. The monoisotopic (exact) mass is 398 g/mol. The number of rotatable bonds is 6. The quantitative estimate of drug-likeness (QED) is 0.772. The number of carbonyl (C=O) groups excluding carboxylic acids is 1. The molecule has 1 atom stereocenters. The first-order valence-corrected chi connectivity index (χ1v) is 8.47. The van der Waals surface area contributed by atoms with E-state index in [2.05, 4.69) is 20.9 Å². The van der Waals surface area contributed by atoms with Crippen LogP contribution in [0.15, 0.2) is 21.2 Å². The summed E-state index contributed by atoms with van der Waals surface area (Å²) in [6.45, 7) is 5.72. The van der Waals surface area contributed by atoms with E-state index >= 15 is 0 Å². The topological polar surface area (TPSA) is 92.9 Å². The zero-order valence-corrected chi connectivity index (χ0v) is 15.3. The van der Waals surface area contributed by atoms with Gasteiger partial charge in [0, 0.05) is 16.7 Å². The molecule has 0 radical (unpaired) electrons. The summed E-state index contributed by atoms with van der Waals surface area (Å²) in [4.78, 5) is 29.6. The molecule has 7 nitrogen and oxygen atoms in total. The number of aromatic carboxylic acids is 1. The van der Waals surface area contributed by atoms with E-state index < -0.39 is 12.1 Å². The number of halogens is 1. The van der Waals surface area contributed by atoms with Crippen LogP contribution in [0.1, 0.15) is 44.2 Å². The number of fused-ring (bicyclic) bond motifs is 1. The highest BCUT2D eigenvalue weighted by molar-refractivity contribution is 9.10. The Morgan fingerprint density at radius 3 is 2.75 bits per heavy atom. The molecule has 8 heteroatoms. The van der Waals surface area contributed by atoms with Crippen molar-refractivity contribution in [1.29, 1.82) is 0 Å². The molecule has 2 heterocycles. The molecular formula is C16H19BrN2O5. The second-order valence-electron chi connectivity index (χ2n) is 5.30. The molecule has 2 rings (SSSR count). The van der Waals surface area contributed by atoms with E-state index in [-0.39, 0.29) is 29.8 Å². The molecule has 0 saturated heterocycles. The Hall–Kier alpha value is -2.09. The molecule has 1 unspecified atom stereocenters. The zero-order chi connectivity index (χ0) is 17.9. The number of aromatic nitrogens is 1. The summed E-state index contributed by atoms with van der Waals surface area (Å²) in [7, 11) is 0. The number of carboxylic acid groups (broad SMARTS) is 1. The van der Waals surface area contributed by atoms with Crippen LogP contribution in [0, 0.1) is 0 Å². The van der Waals surface area contributed by atoms with Gasteiger partial charge in [0.25, 0.3) is 0 Å². The van der Waals surface area contributed by atoms with Crippen molar-refractivity contribution in [3.05, 3.63) is 22.5 Å². The van der Waals surface area contributed by atoms with E-state index in [1.165, 1.54) is 11.1 Å². The van der Waals surface area contributed by atoms with Gasteiger partial charge >= 0.3 is 12.1 Å². The molecule has 130 valence electrons. The number of anilines is 1. The number of carbonyl (C=O) groups is 2. The summed E-state index contributed by atoms with van der Waals surface area (Å²) in [6.07, 6.45) is 2.41. The molecule has 0 aromatic carbocycles. The fourth-order valence-corrected chi connectivity index (χ4v) is 2.89.